The summed E-state index contributed by atoms with van der Waals surface area (Å²) in [4.78, 5) is 31.7. The van der Waals surface area contributed by atoms with Crippen LogP contribution in [0.25, 0.3) is 0 Å². The molecule has 0 aliphatic carbocycles. The molecule has 2 heterocycles. The fourth-order valence-electron chi connectivity index (χ4n) is 4.82. The van der Waals surface area contributed by atoms with Gasteiger partial charge in [0.2, 0.25) is 0 Å². The Kier molecular flexibility index (Phi) is 9.37. The van der Waals surface area contributed by atoms with Gasteiger partial charge in [-0.05, 0) is 48.2 Å². The smallest absolute Gasteiger partial charge is 0.461 e. The molecule has 2 amide bonds. The van der Waals surface area contributed by atoms with Crippen molar-refractivity contribution in [3.63, 3.8) is 0 Å². The molecular weight excluding hydrogens is 566 g/mol. The number of pyridine rings is 1. The Morgan fingerprint density at radius 3 is 2.39 bits per heavy atom. The minimum absolute atomic E-state index is 0.113. The number of hydrogen-bond acceptors (Lipinski definition) is 5. The van der Waals surface area contributed by atoms with E-state index in [4.69, 9.17) is 16.3 Å². The number of hydrogen-bond donors (Lipinski definition) is 1. The molecule has 1 aliphatic rings. The number of amides is 2. The maximum absolute atomic E-state index is 13.8. The van der Waals surface area contributed by atoms with Crippen molar-refractivity contribution >= 4 is 23.6 Å². The molecule has 1 fully saturated rings. The van der Waals surface area contributed by atoms with Crippen LogP contribution in [0.5, 0.6) is 5.75 Å². The molecule has 4 rings (SSSR count). The summed E-state index contributed by atoms with van der Waals surface area (Å²) in [6.45, 7) is 0.537. The molecule has 0 radical (unpaired) electrons. The van der Waals surface area contributed by atoms with E-state index in [1.165, 1.54) is 25.4 Å². The van der Waals surface area contributed by atoms with Crippen LogP contribution in [0.1, 0.15) is 29.7 Å². The molecule has 41 heavy (non-hydrogen) atoms. The first-order valence-corrected chi connectivity index (χ1v) is 13.2. The van der Waals surface area contributed by atoms with E-state index in [1.807, 2.05) is 18.2 Å². The second-order valence-electron chi connectivity index (χ2n) is 9.64. The Hall–Kier alpha value is -3.86. The van der Waals surface area contributed by atoms with E-state index in [9.17, 15) is 27.2 Å². The number of methoxy groups -OCH3 is 1. The van der Waals surface area contributed by atoms with Gasteiger partial charge < -0.3 is 19.7 Å². The van der Waals surface area contributed by atoms with Gasteiger partial charge in [-0.15, -0.1) is 0 Å². The van der Waals surface area contributed by atoms with Gasteiger partial charge >= 0.3 is 24.5 Å². The monoisotopic (exact) mass is 593 g/mol. The van der Waals surface area contributed by atoms with Crippen LogP contribution in [-0.4, -0.2) is 54.6 Å². The summed E-state index contributed by atoms with van der Waals surface area (Å²) in [6, 6.07) is 17.0. The first kappa shape index (κ1) is 30.1. The molecule has 3 aromatic rings. The van der Waals surface area contributed by atoms with Crippen LogP contribution >= 0.6 is 11.6 Å². The van der Waals surface area contributed by atoms with Gasteiger partial charge in [-0.1, -0.05) is 54.1 Å². The largest absolute Gasteiger partial charge is 0.469 e. The average Bonchev–Trinajstić information content (AvgIpc) is 2.97. The number of halogens is 5. The first-order chi connectivity index (χ1) is 19.5. The number of carbonyl (C=O) groups excluding carboxylic acids is 2. The summed E-state index contributed by atoms with van der Waals surface area (Å²) in [5.41, 5.74) is -0.127. The molecule has 12 heteroatoms. The maximum Gasteiger partial charge on any atom is 0.461 e. The minimum atomic E-state index is -4.73. The van der Waals surface area contributed by atoms with Gasteiger partial charge in [0.25, 0.3) is 0 Å². The maximum atomic E-state index is 13.8. The summed E-state index contributed by atoms with van der Waals surface area (Å²) in [5.74, 6) is -1.19. The molecule has 1 aromatic heterocycles. The van der Waals surface area contributed by atoms with Gasteiger partial charge in [-0.25, -0.2) is 4.79 Å². The number of esters is 1. The van der Waals surface area contributed by atoms with Crippen molar-refractivity contribution in [2.75, 3.05) is 20.2 Å². The third-order valence-corrected chi connectivity index (χ3v) is 7.17. The minimum Gasteiger partial charge on any atom is -0.469 e. The number of aromatic nitrogens is 1. The summed E-state index contributed by atoms with van der Waals surface area (Å²) in [5, 5.41) is 3.37. The summed E-state index contributed by atoms with van der Waals surface area (Å²) in [6.07, 6.45) is -6.48. The second kappa shape index (κ2) is 12.8. The highest BCUT2D eigenvalue weighted by atomic mass is 35.5. The van der Waals surface area contributed by atoms with Crippen molar-refractivity contribution in [1.29, 1.82) is 0 Å². The molecule has 1 aliphatic heterocycles. The fraction of sp³-hybridized carbons (Fsp3) is 0.345. The highest BCUT2D eigenvalue weighted by Gasteiger charge is 2.45. The molecule has 1 saturated heterocycles. The Bertz CT molecular complexity index is 1340. The number of likely N-dealkylation sites (tertiary alicyclic amines) is 1. The number of nitrogens with one attached hydrogen (secondary N) is 1. The molecule has 2 aromatic carbocycles. The van der Waals surface area contributed by atoms with Crippen LogP contribution in [0.3, 0.4) is 0 Å². The van der Waals surface area contributed by atoms with Crippen LogP contribution in [0.2, 0.25) is 5.02 Å². The molecule has 0 bridgehead atoms. The van der Waals surface area contributed by atoms with Gasteiger partial charge in [0, 0.05) is 25.7 Å². The summed E-state index contributed by atoms with van der Waals surface area (Å²) < 4.78 is 62.7. The van der Waals surface area contributed by atoms with Crippen molar-refractivity contribution in [2.24, 2.45) is 5.92 Å². The van der Waals surface area contributed by atoms with Gasteiger partial charge in [0.15, 0.2) is 0 Å². The van der Waals surface area contributed by atoms with E-state index in [1.54, 1.807) is 35.2 Å². The number of benzene rings is 2. The lowest BCUT2D eigenvalue weighted by Gasteiger charge is -2.39. The number of piperidine rings is 1. The Morgan fingerprint density at radius 1 is 1.07 bits per heavy atom. The van der Waals surface area contributed by atoms with E-state index in [2.05, 4.69) is 15.0 Å². The van der Waals surface area contributed by atoms with Crippen molar-refractivity contribution < 1.29 is 36.6 Å². The molecule has 7 nitrogen and oxygen atoms in total. The first-order valence-electron chi connectivity index (χ1n) is 12.8. The van der Waals surface area contributed by atoms with E-state index in [0.29, 0.717) is 23.6 Å². The lowest BCUT2D eigenvalue weighted by molar-refractivity contribution is -0.253. The normalized spacial score (nSPS) is 15.7. The van der Waals surface area contributed by atoms with E-state index in [0.717, 1.165) is 11.6 Å². The second-order valence-corrected chi connectivity index (χ2v) is 10.1. The average molecular weight is 594 g/mol. The zero-order valence-corrected chi connectivity index (χ0v) is 22.8. The van der Waals surface area contributed by atoms with Gasteiger partial charge in [-0.2, -0.15) is 17.6 Å². The van der Waals surface area contributed by atoms with E-state index in [-0.39, 0.29) is 37.0 Å². The summed E-state index contributed by atoms with van der Waals surface area (Å²) in [7, 11) is 1.31. The number of rotatable bonds is 9. The Morgan fingerprint density at radius 2 is 1.78 bits per heavy atom. The standard InChI is InChI=1S/C29H28ClF4N3O4/c1-40-25(38)20-12-14-37(15-13-20)27(39)36-28(17-19-6-3-2-4-7-19,24-11-10-22(30)18-35-24)21-8-5-9-23(16-21)41-29(33,34)26(31)32/h2-11,16,18,20,26H,12-15,17H2,1H3,(H,36,39)/t28-/m1/s1. The van der Waals surface area contributed by atoms with Gasteiger partial charge in [-0.3, -0.25) is 9.78 Å². The quantitative estimate of drug-likeness (QED) is 0.241. The van der Waals surface area contributed by atoms with E-state index < -0.39 is 29.9 Å². The number of alkyl halides is 4. The highest BCUT2D eigenvalue weighted by Crippen LogP contribution is 2.37. The van der Waals surface area contributed by atoms with Crippen molar-refractivity contribution in [3.05, 3.63) is 94.8 Å². The predicted octanol–water partition coefficient (Wildman–Crippen LogP) is 6.05. The molecule has 1 N–H and O–H groups in total. The number of carbonyl (C=O) groups is 2. The number of urea groups is 1. The molecule has 0 unspecified atom stereocenters. The lowest BCUT2D eigenvalue weighted by atomic mass is 9.80. The van der Waals surface area contributed by atoms with Gasteiger partial charge in [0.05, 0.1) is 23.7 Å². The van der Waals surface area contributed by atoms with Crippen molar-refractivity contribution in [3.8, 4) is 5.75 Å². The van der Waals surface area contributed by atoms with Crippen LogP contribution in [-0.2, 0) is 21.5 Å². The fourth-order valence-corrected chi connectivity index (χ4v) is 4.94. The zero-order valence-electron chi connectivity index (χ0n) is 22.0. The van der Waals surface area contributed by atoms with E-state index >= 15 is 0 Å². The van der Waals surface area contributed by atoms with Gasteiger partial charge in [0.1, 0.15) is 11.3 Å². The third kappa shape index (κ3) is 7.08. The van der Waals surface area contributed by atoms with Crippen molar-refractivity contribution in [2.45, 2.75) is 37.3 Å². The molecule has 0 spiro atoms. The molecule has 218 valence electrons. The van der Waals surface area contributed by atoms with Crippen LogP contribution in [0, 0.1) is 5.92 Å². The molecule has 1 atom stereocenters. The highest BCUT2D eigenvalue weighted by molar-refractivity contribution is 6.30. The van der Waals surface area contributed by atoms with Crippen LogP contribution in [0.15, 0.2) is 72.9 Å². The molecular formula is C29H28ClF4N3O4. The predicted molar refractivity (Wildman–Crippen MR) is 143 cm³/mol. The van der Waals surface area contributed by atoms with Crippen molar-refractivity contribution in [1.82, 2.24) is 15.2 Å². The summed E-state index contributed by atoms with van der Waals surface area (Å²) >= 11 is 6.10. The number of nitrogens with zero attached hydrogens (tertiary/aromatic N) is 2. The molecule has 0 saturated carbocycles. The van der Waals surface area contributed by atoms with Crippen LogP contribution in [0.4, 0.5) is 22.4 Å². The zero-order chi connectivity index (χ0) is 29.6. The lowest BCUT2D eigenvalue weighted by Crippen LogP contribution is -2.55. The number of ether oxygens (including phenoxy) is 2. The Labute approximate surface area is 239 Å². The van der Waals surface area contributed by atoms with Crippen LogP contribution < -0.4 is 10.1 Å². The third-order valence-electron chi connectivity index (χ3n) is 6.95. The SMILES string of the molecule is COC(=O)C1CCN(C(=O)N[C@](Cc2ccccc2)(c2cccc(OC(F)(F)C(F)F)c2)c2ccc(Cl)cn2)CC1. The topological polar surface area (TPSA) is 80.8 Å². The Balaban J connectivity index is 1.78.